The summed E-state index contributed by atoms with van der Waals surface area (Å²) in [6.07, 6.45) is 1.91. The Morgan fingerprint density at radius 3 is 2.33 bits per heavy atom. The highest BCUT2D eigenvalue weighted by molar-refractivity contribution is 9.10. The van der Waals surface area contributed by atoms with Crippen LogP contribution in [0.1, 0.15) is 40.2 Å². The fraction of sp³-hybridized carbons (Fsp3) is 0.421. The number of nitrogens with zero attached hydrogens (tertiary/aromatic N) is 2. The molecule has 2 heterocycles. The van der Waals surface area contributed by atoms with Gasteiger partial charge in [0.15, 0.2) is 0 Å². The van der Waals surface area contributed by atoms with E-state index in [0.717, 1.165) is 22.9 Å². The molecule has 1 aromatic carbocycles. The molecule has 0 atom stereocenters. The summed E-state index contributed by atoms with van der Waals surface area (Å²) in [5.74, 6) is -0.207. The maximum Gasteiger partial charge on any atom is 0.264 e. The molecule has 2 aromatic rings. The first-order chi connectivity index (χ1) is 12.6. The fourth-order valence-electron chi connectivity index (χ4n) is 3.49. The Morgan fingerprint density at radius 2 is 1.74 bits per heavy atom. The number of aromatic nitrogens is 1. The van der Waals surface area contributed by atoms with Crippen LogP contribution in [0.25, 0.3) is 0 Å². The summed E-state index contributed by atoms with van der Waals surface area (Å²) in [7, 11) is -2.13. The lowest BCUT2D eigenvalue weighted by atomic mass is 10.2. The summed E-state index contributed by atoms with van der Waals surface area (Å²) in [5.41, 5.74) is 2.88. The largest absolute Gasteiger partial charge is 0.350 e. The average Bonchev–Trinajstić information content (AvgIpc) is 3.21. The van der Waals surface area contributed by atoms with Crippen molar-refractivity contribution in [1.82, 2.24) is 9.47 Å². The zero-order valence-corrected chi connectivity index (χ0v) is 18.4. The number of amides is 1. The van der Waals surface area contributed by atoms with Gasteiger partial charge >= 0.3 is 0 Å². The number of carbonyl (C=O) groups excluding carboxylic acids is 1. The molecule has 0 aliphatic carbocycles. The zero-order chi connectivity index (χ0) is 19.9. The molecule has 0 saturated carbocycles. The monoisotopic (exact) mass is 453 g/mol. The smallest absolute Gasteiger partial charge is 0.264 e. The number of nitrogens with one attached hydrogen (secondary N) is 1. The Kier molecular flexibility index (Phi) is 5.40. The molecule has 0 unspecified atom stereocenters. The Balaban J connectivity index is 2.07. The molecule has 1 amide bonds. The topological polar surface area (TPSA) is 71.4 Å². The predicted octanol–water partition coefficient (Wildman–Crippen LogP) is 3.75. The van der Waals surface area contributed by atoms with Crippen molar-refractivity contribution in [3.63, 3.8) is 0 Å². The molecule has 0 bridgehead atoms. The first-order valence-corrected chi connectivity index (χ1v) is 11.1. The van der Waals surface area contributed by atoms with Crippen LogP contribution in [-0.4, -0.2) is 36.9 Å². The van der Waals surface area contributed by atoms with Crippen LogP contribution in [0.2, 0.25) is 0 Å². The zero-order valence-electron chi connectivity index (χ0n) is 16.0. The van der Waals surface area contributed by atoms with E-state index in [1.807, 2.05) is 6.92 Å². The second-order valence-electron chi connectivity index (χ2n) is 7.00. The quantitative estimate of drug-likeness (QED) is 0.765. The van der Waals surface area contributed by atoms with Gasteiger partial charge in [-0.3, -0.25) is 9.52 Å². The highest BCUT2D eigenvalue weighted by Gasteiger charge is 2.33. The molecule has 1 aliphatic heterocycles. The fourth-order valence-corrected chi connectivity index (χ4v) is 5.31. The number of hydrogen-bond donors (Lipinski definition) is 1. The summed E-state index contributed by atoms with van der Waals surface area (Å²) in [5, 5.41) is 0. The third-order valence-electron chi connectivity index (χ3n) is 5.21. The molecule has 1 saturated heterocycles. The number of sulfonamides is 1. The Labute approximate surface area is 168 Å². The molecule has 6 nitrogen and oxygen atoms in total. The van der Waals surface area contributed by atoms with Crippen molar-refractivity contribution in [2.75, 3.05) is 17.8 Å². The molecule has 3 rings (SSSR count). The average molecular weight is 454 g/mol. The molecule has 27 heavy (non-hydrogen) atoms. The van der Waals surface area contributed by atoms with Crippen molar-refractivity contribution in [3.8, 4) is 0 Å². The molecule has 1 N–H and O–H groups in total. The van der Waals surface area contributed by atoms with E-state index in [-0.39, 0.29) is 16.4 Å². The van der Waals surface area contributed by atoms with Crippen LogP contribution in [0.15, 0.2) is 27.6 Å². The van der Waals surface area contributed by atoms with Gasteiger partial charge in [0.2, 0.25) is 0 Å². The molecule has 0 radical (unpaired) electrons. The normalized spacial score (nSPS) is 14.6. The first-order valence-electron chi connectivity index (χ1n) is 8.87. The number of hydrogen-bond acceptors (Lipinski definition) is 3. The maximum atomic E-state index is 13.2. The molecular weight excluding hydrogens is 430 g/mol. The van der Waals surface area contributed by atoms with Gasteiger partial charge in [0.1, 0.15) is 4.90 Å². The second kappa shape index (κ2) is 7.31. The Hall–Kier alpha value is -1.80. The molecule has 146 valence electrons. The minimum absolute atomic E-state index is 0.0694. The molecule has 1 fully saturated rings. The molecule has 8 heteroatoms. The number of halogens is 1. The number of rotatable bonds is 4. The van der Waals surface area contributed by atoms with Gasteiger partial charge in [-0.25, -0.2) is 8.42 Å². The van der Waals surface area contributed by atoms with Crippen molar-refractivity contribution in [3.05, 3.63) is 45.2 Å². The van der Waals surface area contributed by atoms with Crippen LogP contribution in [0, 0.1) is 20.8 Å². The highest BCUT2D eigenvalue weighted by atomic mass is 79.9. The molecule has 1 aliphatic rings. The van der Waals surface area contributed by atoms with Crippen LogP contribution in [0.3, 0.4) is 0 Å². The van der Waals surface area contributed by atoms with Crippen LogP contribution < -0.4 is 4.72 Å². The van der Waals surface area contributed by atoms with Crippen molar-refractivity contribution in [2.24, 2.45) is 7.05 Å². The lowest BCUT2D eigenvalue weighted by molar-refractivity contribution is 0.0788. The van der Waals surface area contributed by atoms with E-state index >= 15 is 0 Å². The predicted molar refractivity (Wildman–Crippen MR) is 110 cm³/mol. The van der Waals surface area contributed by atoms with Crippen LogP contribution in [-0.2, 0) is 17.1 Å². The third-order valence-corrected chi connectivity index (χ3v) is 7.64. The van der Waals surface area contributed by atoms with Crippen molar-refractivity contribution in [1.29, 1.82) is 0 Å². The lowest BCUT2D eigenvalue weighted by Gasteiger charge is -2.17. The highest BCUT2D eigenvalue weighted by Crippen LogP contribution is 2.30. The number of aryl methyl sites for hydroxylation is 1. The Bertz CT molecular complexity index is 1010. The van der Waals surface area contributed by atoms with E-state index < -0.39 is 10.0 Å². The van der Waals surface area contributed by atoms with Crippen molar-refractivity contribution in [2.45, 2.75) is 38.5 Å². The van der Waals surface area contributed by atoms with Gasteiger partial charge in [0.25, 0.3) is 15.9 Å². The Morgan fingerprint density at radius 1 is 1.11 bits per heavy atom. The van der Waals surface area contributed by atoms with E-state index in [9.17, 15) is 13.2 Å². The minimum Gasteiger partial charge on any atom is -0.350 e. The van der Waals surface area contributed by atoms with E-state index in [4.69, 9.17) is 0 Å². The van der Waals surface area contributed by atoms with Crippen molar-refractivity contribution < 1.29 is 13.2 Å². The third kappa shape index (κ3) is 3.65. The second-order valence-corrected chi connectivity index (χ2v) is 9.48. The van der Waals surface area contributed by atoms with Crippen molar-refractivity contribution >= 4 is 37.5 Å². The summed E-state index contributed by atoms with van der Waals surface area (Å²) in [6, 6.07) is 5.25. The lowest BCUT2D eigenvalue weighted by Crippen LogP contribution is -2.30. The van der Waals surface area contributed by atoms with E-state index in [1.165, 1.54) is 0 Å². The summed E-state index contributed by atoms with van der Waals surface area (Å²) in [6.45, 7) is 6.76. The van der Waals surface area contributed by atoms with Gasteiger partial charge in [0, 0.05) is 41.7 Å². The van der Waals surface area contributed by atoms with Crippen LogP contribution >= 0.6 is 15.9 Å². The van der Waals surface area contributed by atoms with Gasteiger partial charge < -0.3 is 9.47 Å². The first kappa shape index (κ1) is 19.9. The molecular formula is C19H24BrN3O3S. The summed E-state index contributed by atoms with van der Waals surface area (Å²) in [4.78, 5) is 14.9. The minimum atomic E-state index is -3.91. The summed E-state index contributed by atoms with van der Waals surface area (Å²) >= 11 is 3.42. The maximum absolute atomic E-state index is 13.2. The number of likely N-dealkylation sites (tertiary alicyclic amines) is 1. The van der Waals surface area contributed by atoms with Gasteiger partial charge in [-0.2, -0.15) is 0 Å². The van der Waals surface area contributed by atoms with Gasteiger partial charge in [-0.1, -0.05) is 15.9 Å². The summed E-state index contributed by atoms with van der Waals surface area (Å²) < 4.78 is 31.7. The van der Waals surface area contributed by atoms with E-state index in [1.54, 1.807) is 48.6 Å². The van der Waals surface area contributed by atoms with Gasteiger partial charge in [-0.15, -0.1) is 0 Å². The van der Waals surface area contributed by atoms with Gasteiger partial charge in [-0.05, 0) is 57.4 Å². The number of benzene rings is 1. The van der Waals surface area contributed by atoms with E-state index in [0.29, 0.717) is 30.2 Å². The van der Waals surface area contributed by atoms with E-state index in [2.05, 4.69) is 20.7 Å². The van der Waals surface area contributed by atoms with Gasteiger partial charge in [0.05, 0.1) is 5.56 Å². The molecule has 1 aromatic heterocycles. The SMILES string of the molecule is Cc1cc(NS(=O)(=O)c2c(C(=O)N3CCCC3)c(C)n(C)c2C)ccc1Br. The van der Waals surface area contributed by atoms with Crippen LogP contribution in [0.5, 0.6) is 0 Å². The number of carbonyl (C=O) groups is 1. The number of anilines is 1. The van der Waals surface area contributed by atoms with Crippen LogP contribution in [0.4, 0.5) is 5.69 Å². The molecule has 0 spiro atoms. The standard InChI is InChI=1S/C19H24BrN3O3S/c1-12-11-15(7-8-16(12)20)21-27(25,26)18-14(3)22(4)13(2)17(18)19(24)23-9-5-6-10-23/h7-8,11,21H,5-6,9-10H2,1-4H3.